The maximum absolute atomic E-state index is 13.0. The number of rotatable bonds is 2. The van der Waals surface area contributed by atoms with Gasteiger partial charge in [0.1, 0.15) is 11.9 Å². The number of aliphatic hydroxyl groups excluding tert-OH is 1. The summed E-state index contributed by atoms with van der Waals surface area (Å²) in [5.41, 5.74) is 0.885. The van der Waals surface area contributed by atoms with Gasteiger partial charge in [0.2, 0.25) is 0 Å². The highest BCUT2D eigenvalue weighted by Crippen LogP contribution is 2.24. The van der Waals surface area contributed by atoms with Crippen molar-refractivity contribution in [3.8, 4) is 6.07 Å². The molecule has 18 heavy (non-hydrogen) atoms. The van der Waals surface area contributed by atoms with Crippen molar-refractivity contribution in [3.05, 3.63) is 29.6 Å². The van der Waals surface area contributed by atoms with Gasteiger partial charge in [0.15, 0.2) is 0 Å². The van der Waals surface area contributed by atoms with Crippen molar-refractivity contribution in [2.45, 2.75) is 44.2 Å². The third-order valence-electron chi connectivity index (χ3n) is 3.42. The number of anilines is 1. The lowest BCUT2D eigenvalue weighted by Crippen LogP contribution is -2.32. The predicted octanol–water partition coefficient (Wildman–Crippen LogP) is 2.80. The SMILES string of the molecule is N#Cc1cc(F)ccc1NC1CCCCCC1O. The molecule has 0 heterocycles. The first-order valence-corrected chi connectivity index (χ1v) is 6.35. The van der Waals surface area contributed by atoms with Crippen molar-refractivity contribution < 1.29 is 9.50 Å². The molecule has 2 atom stereocenters. The summed E-state index contributed by atoms with van der Waals surface area (Å²) >= 11 is 0. The molecular formula is C14H17FN2O. The van der Waals surface area contributed by atoms with Gasteiger partial charge in [0.25, 0.3) is 0 Å². The van der Waals surface area contributed by atoms with E-state index in [-0.39, 0.29) is 11.6 Å². The molecule has 1 fully saturated rings. The van der Waals surface area contributed by atoms with E-state index in [2.05, 4.69) is 5.32 Å². The van der Waals surface area contributed by atoms with E-state index in [4.69, 9.17) is 5.26 Å². The normalized spacial score (nSPS) is 24.1. The molecule has 0 radical (unpaired) electrons. The molecule has 0 aliphatic heterocycles. The first-order valence-electron chi connectivity index (χ1n) is 6.35. The number of nitrogens with one attached hydrogen (secondary N) is 1. The Morgan fingerprint density at radius 2 is 2.06 bits per heavy atom. The van der Waals surface area contributed by atoms with Crippen molar-refractivity contribution >= 4 is 5.69 Å². The molecule has 0 spiro atoms. The van der Waals surface area contributed by atoms with E-state index in [1.165, 1.54) is 12.1 Å². The fourth-order valence-electron chi connectivity index (χ4n) is 2.39. The smallest absolute Gasteiger partial charge is 0.124 e. The monoisotopic (exact) mass is 248 g/mol. The maximum atomic E-state index is 13.0. The molecule has 3 nitrogen and oxygen atoms in total. The third-order valence-corrected chi connectivity index (χ3v) is 3.42. The Morgan fingerprint density at radius 1 is 1.28 bits per heavy atom. The van der Waals surface area contributed by atoms with Gasteiger partial charge in [-0.3, -0.25) is 0 Å². The van der Waals surface area contributed by atoms with Crippen LogP contribution in [0.5, 0.6) is 0 Å². The minimum atomic E-state index is -0.418. The van der Waals surface area contributed by atoms with Crippen molar-refractivity contribution in [2.75, 3.05) is 5.32 Å². The van der Waals surface area contributed by atoms with E-state index < -0.39 is 11.9 Å². The Bertz CT molecular complexity index is 456. The van der Waals surface area contributed by atoms with Crippen LogP contribution in [0, 0.1) is 17.1 Å². The molecule has 1 saturated carbocycles. The van der Waals surface area contributed by atoms with Gasteiger partial charge in [-0.1, -0.05) is 19.3 Å². The van der Waals surface area contributed by atoms with Gasteiger partial charge >= 0.3 is 0 Å². The zero-order valence-corrected chi connectivity index (χ0v) is 10.2. The maximum Gasteiger partial charge on any atom is 0.124 e. The quantitative estimate of drug-likeness (QED) is 0.791. The zero-order chi connectivity index (χ0) is 13.0. The Labute approximate surface area is 106 Å². The van der Waals surface area contributed by atoms with Crippen LogP contribution in [0.4, 0.5) is 10.1 Å². The van der Waals surface area contributed by atoms with Crippen LogP contribution in [0.1, 0.15) is 37.7 Å². The highest BCUT2D eigenvalue weighted by atomic mass is 19.1. The summed E-state index contributed by atoms with van der Waals surface area (Å²) in [7, 11) is 0. The predicted molar refractivity (Wildman–Crippen MR) is 67.6 cm³/mol. The summed E-state index contributed by atoms with van der Waals surface area (Å²) in [5.74, 6) is -0.418. The van der Waals surface area contributed by atoms with Crippen LogP contribution in [-0.4, -0.2) is 17.3 Å². The first-order chi connectivity index (χ1) is 8.70. The standard InChI is InChI=1S/C14H17FN2O/c15-11-6-7-12(10(8-11)9-16)17-13-4-2-1-3-5-14(13)18/h6-8,13-14,17-18H,1-5H2. The molecule has 1 aliphatic carbocycles. The topological polar surface area (TPSA) is 56.0 Å². The minimum absolute atomic E-state index is 0.0509. The minimum Gasteiger partial charge on any atom is -0.391 e. The molecule has 0 aromatic heterocycles. The van der Waals surface area contributed by atoms with Gasteiger partial charge in [-0.25, -0.2) is 4.39 Å². The third kappa shape index (κ3) is 2.99. The van der Waals surface area contributed by atoms with Crippen molar-refractivity contribution in [3.63, 3.8) is 0 Å². The number of hydrogen-bond acceptors (Lipinski definition) is 3. The van der Waals surface area contributed by atoms with Crippen LogP contribution >= 0.6 is 0 Å². The van der Waals surface area contributed by atoms with Crippen LogP contribution < -0.4 is 5.32 Å². The molecule has 0 bridgehead atoms. The Balaban J connectivity index is 2.15. The molecule has 1 aromatic carbocycles. The molecule has 2 N–H and O–H groups in total. The highest BCUT2D eigenvalue weighted by molar-refractivity contribution is 5.58. The zero-order valence-electron chi connectivity index (χ0n) is 10.2. The molecule has 2 unspecified atom stereocenters. The second kappa shape index (κ2) is 5.83. The second-order valence-corrected chi connectivity index (χ2v) is 4.76. The van der Waals surface area contributed by atoms with Gasteiger partial charge in [-0.05, 0) is 31.0 Å². The lowest BCUT2D eigenvalue weighted by molar-refractivity contribution is 0.144. The highest BCUT2D eigenvalue weighted by Gasteiger charge is 2.22. The van der Waals surface area contributed by atoms with Crippen LogP contribution in [-0.2, 0) is 0 Å². The van der Waals surface area contributed by atoms with Crippen molar-refractivity contribution in [2.24, 2.45) is 0 Å². The van der Waals surface area contributed by atoms with Crippen LogP contribution in [0.15, 0.2) is 18.2 Å². The number of aliphatic hydroxyl groups is 1. The Hall–Kier alpha value is -1.60. The van der Waals surface area contributed by atoms with Crippen LogP contribution in [0.2, 0.25) is 0 Å². The number of hydrogen-bond donors (Lipinski definition) is 2. The molecule has 1 aliphatic rings. The second-order valence-electron chi connectivity index (χ2n) is 4.76. The number of benzene rings is 1. The lowest BCUT2D eigenvalue weighted by Gasteiger charge is -2.23. The first kappa shape index (κ1) is 12.8. The summed E-state index contributed by atoms with van der Waals surface area (Å²) in [6, 6.07) is 6.02. The fraction of sp³-hybridized carbons (Fsp3) is 0.500. The van der Waals surface area contributed by atoms with Crippen molar-refractivity contribution in [1.29, 1.82) is 5.26 Å². The van der Waals surface area contributed by atoms with Gasteiger partial charge in [0.05, 0.1) is 23.4 Å². The Kier molecular flexibility index (Phi) is 4.16. The average Bonchev–Trinajstić information content (AvgIpc) is 2.57. The van der Waals surface area contributed by atoms with E-state index in [0.717, 1.165) is 32.1 Å². The molecule has 1 aromatic rings. The summed E-state index contributed by atoms with van der Waals surface area (Å²) in [6.07, 6.45) is 4.49. The van der Waals surface area contributed by atoms with Gasteiger partial charge in [-0.2, -0.15) is 5.26 Å². The van der Waals surface area contributed by atoms with E-state index in [1.54, 1.807) is 6.07 Å². The summed E-state index contributed by atoms with van der Waals surface area (Å²) < 4.78 is 13.0. The summed E-state index contributed by atoms with van der Waals surface area (Å²) in [6.45, 7) is 0. The largest absolute Gasteiger partial charge is 0.391 e. The van der Waals surface area contributed by atoms with Crippen LogP contribution in [0.25, 0.3) is 0 Å². The summed E-state index contributed by atoms with van der Waals surface area (Å²) in [4.78, 5) is 0. The number of nitrogens with zero attached hydrogens (tertiary/aromatic N) is 1. The van der Waals surface area contributed by atoms with Gasteiger partial charge < -0.3 is 10.4 Å². The Morgan fingerprint density at radius 3 is 2.83 bits per heavy atom. The number of halogens is 1. The van der Waals surface area contributed by atoms with Crippen LogP contribution in [0.3, 0.4) is 0 Å². The van der Waals surface area contributed by atoms with E-state index in [1.807, 2.05) is 6.07 Å². The van der Waals surface area contributed by atoms with Gasteiger partial charge in [-0.15, -0.1) is 0 Å². The molecule has 0 amide bonds. The number of nitriles is 1. The summed E-state index contributed by atoms with van der Waals surface area (Å²) in [5, 5.41) is 22.2. The van der Waals surface area contributed by atoms with E-state index in [9.17, 15) is 9.50 Å². The lowest BCUT2D eigenvalue weighted by atomic mass is 10.0. The molecule has 2 rings (SSSR count). The van der Waals surface area contributed by atoms with E-state index in [0.29, 0.717) is 5.69 Å². The fourth-order valence-corrected chi connectivity index (χ4v) is 2.39. The molecular weight excluding hydrogens is 231 g/mol. The molecule has 96 valence electrons. The van der Waals surface area contributed by atoms with Crippen molar-refractivity contribution in [1.82, 2.24) is 0 Å². The molecule has 4 heteroatoms. The average molecular weight is 248 g/mol. The molecule has 0 saturated heterocycles. The van der Waals surface area contributed by atoms with Gasteiger partial charge in [0, 0.05) is 0 Å². The van der Waals surface area contributed by atoms with E-state index >= 15 is 0 Å².